The average molecular weight is 281 g/mol. The number of aliphatic hydroxyl groups is 1. The molecule has 114 valence electrons. The lowest BCUT2D eigenvalue weighted by molar-refractivity contribution is -0.0174. The van der Waals surface area contributed by atoms with E-state index in [2.05, 4.69) is 17.0 Å². The van der Waals surface area contributed by atoms with Crippen LogP contribution >= 0.6 is 0 Å². The van der Waals surface area contributed by atoms with Gasteiger partial charge in [0.25, 0.3) is 0 Å². The van der Waals surface area contributed by atoms with Crippen molar-refractivity contribution in [3.8, 4) is 0 Å². The van der Waals surface area contributed by atoms with Gasteiger partial charge in [-0.15, -0.1) is 0 Å². The molecule has 0 aliphatic carbocycles. The lowest BCUT2D eigenvalue weighted by atomic mass is 10.2. The summed E-state index contributed by atoms with van der Waals surface area (Å²) in [7, 11) is 2.00. The van der Waals surface area contributed by atoms with Crippen LogP contribution in [0.1, 0.15) is 19.4 Å². The second-order valence-corrected chi connectivity index (χ2v) is 5.33. The summed E-state index contributed by atoms with van der Waals surface area (Å²) in [5.74, 6) is 0. The predicted molar refractivity (Wildman–Crippen MR) is 80.7 cm³/mol. The highest BCUT2D eigenvalue weighted by Gasteiger charge is 2.08. The Hall–Kier alpha value is -0.940. The second-order valence-electron chi connectivity index (χ2n) is 5.33. The van der Waals surface area contributed by atoms with Crippen molar-refractivity contribution in [2.75, 3.05) is 33.4 Å². The smallest absolute Gasteiger partial charge is 0.0900 e. The molecule has 0 bridgehead atoms. The highest BCUT2D eigenvalue weighted by Crippen LogP contribution is 2.03. The van der Waals surface area contributed by atoms with E-state index in [1.165, 1.54) is 5.56 Å². The first-order valence-corrected chi connectivity index (χ1v) is 7.18. The van der Waals surface area contributed by atoms with Gasteiger partial charge in [0.1, 0.15) is 0 Å². The third-order valence-electron chi connectivity index (χ3n) is 2.81. The standard InChI is InChI=1S/C16H27NO3/c1-14(2)20-10-9-19-13-16(18)12-17(3)11-15-7-5-4-6-8-15/h4-8,14,16,18H,9-13H2,1-3H3. The molecule has 4 nitrogen and oxygen atoms in total. The zero-order chi connectivity index (χ0) is 14.8. The SMILES string of the molecule is CC(C)OCCOCC(O)CN(C)Cc1ccccc1. The summed E-state index contributed by atoms with van der Waals surface area (Å²) in [5.41, 5.74) is 1.24. The van der Waals surface area contributed by atoms with Crippen LogP contribution in [0.4, 0.5) is 0 Å². The zero-order valence-corrected chi connectivity index (χ0v) is 12.8. The Morgan fingerprint density at radius 3 is 2.50 bits per heavy atom. The van der Waals surface area contributed by atoms with Gasteiger partial charge in [-0.2, -0.15) is 0 Å². The van der Waals surface area contributed by atoms with Crippen LogP contribution in [-0.2, 0) is 16.0 Å². The Bertz CT molecular complexity index is 343. The van der Waals surface area contributed by atoms with Gasteiger partial charge >= 0.3 is 0 Å². The molecule has 20 heavy (non-hydrogen) atoms. The molecule has 1 rings (SSSR count). The molecular weight excluding hydrogens is 254 g/mol. The number of benzene rings is 1. The number of likely N-dealkylation sites (N-methyl/N-ethyl adjacent to an activating group) is 1. The van der Waals surface area contributed by atoms with Crippen molar-refractivity contribution in [2.45, 2.75) is 32.6 Å². The Balaban J connectivity index is 2.10. The molecule has 0 radical (unpaired) electrons. The Kier molecular flexibility index (Phi) is 8.46. The first kappa shape index (κ1) is 17.1. The van der Waals surface area contributed by atoms with E-state index in [9.17, 15) is 5.11 Å². The lowest BCUT2D eigenvalue weighted by Crippen LogP contribution is -2.32. The van der Waals surface area contributed by atoms with Crippen LogP contribution in [0, 0.1) is 0 Å². The Morgan fingerprint density at radius 2 is 1.85 bits per heavy atom. The van der Waals surface area contributed by atoms with Gasteiger partial charge in [0.05, 0.1) is 32.0 Å². The van der Waals surface area contributed by atoms with Gasteiger partial charge in [-0.3, -0.25) is 4.90 Å². The molecular formula is C16H27NO3. The summed E-state index contributed by atoms with van der Waals surface area (Å²) in [6, 6.07) is 10.2. The molecule has 1 atom stereocenters. The van der Waals surface area contributed by atoms with E-state index in [1.54, 1.807) is 0 Å². The summed E-state index contributed by atoms with van der Waals surface area (Å²) < 4.78 is 10.8. The number of hydrogen-bond acceptors (Lipinski definition) is 4. The van der Waals surface area contributed by atoms with Crippen molar-refractivity contribution in [3.63, 3.8) is 0 Å². The van der Waals surface area contributed by atoms with Crippen LogP contribution in [-0.4, -0.2) is 55.6 Å². The van der Waals surface area contributed by atoms with Gasteiger partial charge in [-0.1, -0.05) is 30.3 Å². The number of hydrogen-bond donors (Lipinski definition) is 1. The molecule has 0 aliphatic heterocycles. The molecule has 0 heterocycles. The van der Waals surface area contributed by atoms with E-state index >= 15 is 0 Å². The first-order chi connectivity index (χ1) is 9.58. The van der Waals surface area contributed by atoms with Gasteiger partial charge in [-0.05, 0) is 26.5 Å². The molecule has 0 aliphatic rings. The number of nitrogens with zero attached hydrogens (tertiary/aromatic N) is 1. The molecule has 1 N–H and O–H groups in total. The normalized spacial score (nSPS) is 13.1. The van der Waals surface area contributed by atoms with Crippen molar-refractivity contribution in [1.29, 1.82) is 0 Å². The first-order valence-electron chi connectivity index (χ1n) is 7.18. The number of aliphatic hydroxyl groups excluding tert-OH is 1. The highest BCUT2D eigenvalue weighted by atomic mass is 16.5. The van der Waals surface area contributed by atoms with Crippen LogP contribution < -0.4 is 0 Å². The molecule has 0 fully saturated rings. The number of ether oxygens (including phenoxy) is 2. The van der Waals surface area contributed by atoms with Gasteiger partial charge in [0.15, 0.2) is 0 Å². The van der Waals surface area contributed by atoms with E-state index in [-0.39, 0.29) is 6.10 Å². The molecule has 1 unspecified atom stereocenters. The van der Waals surface area contributed by atoms with E-state index in [0.29, 0.717) is 26.4 Å². The molecule has 0 saturated carbocycles. The molecule has 0 aromatic heterocycles. The minimum atomic E-state index is -0.470. The third kappa shape index (κ3) is 8.27. The highest BCUT2D eigenvalue weighted by molar-refractivity contribution is 5.14. The maximum atomic E-state index is 9.90. The fourth-order valence-corrected chi connectivity index (χ4v) is 1.93. The molecule has 0 saturated heterocycles. The van der Waals surface area contributed by atoms with Crippen molar-refractivity contribution in [3.05, 3.63) is 35.9 Å². The van der Waals surface area contributed by atoms with E-state index in [4.69, 9.17) is 9.47 Å². The van der Waals surface area contributed by atoms with Crippen LogP contribution in [0.25, 0.3) is 0 Å². The summed E-state index contributed by atoms with van der Waals surface area (Å²) in [5, 5.41) is 9.90. The van der Waals surface area contributed by atoms with Crippen molar-refractivity contribution >= 4 is 0 Å². The fraction of sp³-hybridized carbons (Fsp3) is 0.625. The van der Waals surface area contributed by atoms with Crippen LogP contribution in [0.15, 0.2) is 30.3 Å². The Labute approximate surface area is 122 Å². The van der Waals surface area contributed by atoms with Gasteiger partial charge in [-0.25, -0.2) is 0 Å². The summed E-state index contributed by atoms with van der Waals surface area (Å²) >= 11 is 0. The minimum Gasteiger partial charge on any atom is -0.389 e. The van der Waals surface area contributed by atoms with E-state index in [0.717, 1.165) is 6.54 Å². The van der Waals surface area contributed by atoms with Crippen molar-refractivity contribution in [2.24, 2.45) is 0 Å². The summed E-state index contributed by atoms with van der Waals surface area (Å²) in [4.78, 5) is 2.09. The molecule has 4 heteroatoms. The van der Waals surface area contributed by atoms with Crippen LogP contribution in [0.3, 0.4) is 0 Å². The van der Waals surface area contributed by atoms with E-state index < -0.39 is 6.10 Å². The second kappa shape index (κ2) is 9.88. The van der Waals surface area contributed by atoms with Gasteiger partial charge in [0, 0.05) is 13.1 Å². The number of rotatable bonds is 10. The van der Waals surface area contributed by atoms with Crippen molar-refractivity contribution in [1.82, 2.24) is 4.90 Å². The molecule has 0 amide bonds. The van der Waals surface area contributed by atoms with Gasteiger partial charge in [0.2, 0.25) is 0 Å². The average Bonchev–Trinajstić information content (AvgIpc) is 2.38. The molecule has 1 aromatic carbocycles. The fourth-order valence-electron chi connectivity index (χ4n) is 1.93. The summed E-state index contributed by atoms with van der Waals surface area (Å²) in [6.07, 6.45) is -0.247. The lowest BCUT2D eigenvalue weighted by Gasteiger charge is -2.20. The Morgan fingerprint density at radius 1 is 1.15 bits per heavy atom. The minimum absolute atomic E-state index is 0.223. The quantitative estimate of drug-likeness (QED) is 0.665. The third-order valence-corrected chi connectivity index (χ3v) is 2.81. The van der Waals surface area contributed by atoms with Crippen LogP contribution in [0.5, 0.6) is 0 Å². The molecule has 0 spiro atoms. The maximum absolute atomic E-state index is 9.90. The zero-order valence-electron chi connectivity index (χ0n) is 12.8. The monoisotopic (exact) mass is 281 g/mol. The van der Waals surface area contributed by atoms with Crippen molar-refractivity contribution < 1.29 is 14.6 Å². The van der Waals surface area contributed by atoms with Gasteiger partial charge < -0.3 is 14.6 Å². The largest absolute Gasteiger partial charge is 0.389 e. The predicted octanol–water partition coefficient (Wildman–Crippen LogP) is 1.92. The van der Waals surface area contributed by atoms with Crippen LogP contribution in [0.2, 0.25) is 0 Å². The maximum Gasteiger partial charge on any atom is 0.0900 e. The summed E-state index contributed by atoms with van der Waals surface area (Å²) in [6.45, 7) is 6.86. The topological polar surface area (TPSA) is 41.9 Å². The molecule has 1 aromatic rings. The van der Waals surface area contributed by atoms with E-state index in [1.807, 2.05) is 39.1 Å².